The Labute approximate surface area is 219 Å². The molecule has 1 saturated heterocycles. The third kappa shape index (κ3) is 4.36. The van der Waals surface area contributed by atoms with Gasteiger partial charge in [0.05, 0.1) is 16.9 Å². The first-order valence-electron chi connectivity index (χ1n) is 12.7. The summed E-state index contributed by atoms with van der Waals surface area (Å²) in [6.45, 7) is 8.24. The zero-order valence-electron chi connectivity index (χ0n) is 20.7. The van der Waals surface area contributed by atoms with Gasteiger partial charge in [-0.15, -0.1) is 11.3 Å². The number of carbonyl (C=O) groups excluding carboxylic acids is 2. The second kappa shape index (κ2) is 9.61. The molecule has 2 aliphatic heterocycles. The lowest BCUT2D eigenvalue weighted by molar-refractivity contribution is -0.111. The first kappa shape index (κ1) is 23.6. The van der Waals surface area contributed by atoms with Crippen molar-refractivity contribution in [3.8, 4) is 11.3 Å². The lowest BCUT2D eigenvalue weighted by Gasteiger charge is -2.25. The van der Waals surface area contributed by atoms with Crippen molar-refractivity contribution in [3.05, 3.63) is 65.6 Å². The molecule has 4 aromatic rings. The molecule has 2 aromatic heterocycles. The van der Waals surface area contributed by atoms with E-state index in [4.69, 9.17) is 4.98 Å². The van der Waals surface area contributed by atoms with Gasteiger partial charge < -0.3 is 21.3 Å². The van der Waals surface area contributed by atoms with E-state index in [1.165, 1.54) is 17.4 Å². The number of rotatable bonds is 4. The molecule has 1 atom stereocenters. The van der Waals surface area contributed by atoms with Crippen LogP contribution in [0.15, 0.2) is 55.1 Å². The van der Waals surface area contributed by atoms with E-state index in [1.807, 2.05) is 31.2 Å². The molecule has 37 heavy (non-hydrogen) atoms. The monoisotopic (exact) mass is 511 g/mol. The van der Waals surface area contributed by atoms with Gasteiger partial charge in [0.15, 0.2) is 0 Å². The van der Waals surface area contributed by atoms with Crippen LogP contribution in [0.4, 0.5) is 11.4 Å². The highest BCUT2D eigenvalue weighted by atomic mass is 32.1. The van der Waals surface area contributed by atoms with Crippen LogP contribution in [-0.2, 0) is 4.79 Å². The Bertz CT molecular complexity index is 1550. The third-order valence-corrected chi connectivity index (χ3v) is 8.42. The van der Waals surface area contributed by atoms with E-state index in [0.29, 0.717) is 17.3 Å². The number of benzene rings is 2. The van der Waals surface area contributed by atoms with Crippen molar-refractivity contribution in [2.75, 3.05) is 30.3 Å². The summed E-state index contributed by atoms with van der Waals surface area (Å²) in [6, 6.07) is 14.5. The van der Waals surface area contributed by atoms with Crippen LogP contribution < -0.4 is 21.3 Å². The Morgan fingerprint density at radius 2 is 2.00 bits per heavy atom. The van der Waals surface area contributed by atoms with Crippen molar-refractivity contribution in [1.29, 1.82) is 0 Å². The van der Waals surface area contributed by atoms with Gasteiger partial charge in [0, 0.05) is 39.3 Å². The van der Waals surface area contributed by atoms with E-state index >= 15 is 0 Å². The average Bonchev–Trinajstić information content (AvgIpc) is 3.24. The predicted octanol–water partition coefficient (Wildman–Crippen LogP) is 5.25. The lowest BCUT2D eigenvalue weighted by atomic mass is 9.88. The van der Waals surface area contributed by atoms with Crippen molar-refractivity contribution in [1.82, 2.24) is 15.6 Å². The van der Waals surface area contributed by atoms with E-state index in [0.717, 1.165) is 75.1 Å². The second-order valence-electron chi connectivity index (χ2n) is 9.78. The Balaban J connectivity index is 1.43. The van der Waals surface area contributed by atoms with Crippen LogP contribution in [0.1, 0.15) is 40.9 Å². The fraction of sp³-hybridized carbons (Fsp3) is 0.276. The number of pyridine rings is 1. The number of fused-ring (bicyclic) bond motifs is 5. The standard InChI is InChI=1S/C29H29N5O2S/c1-3-25(35)34-23-14-18(4-5-19(23)17-10-12-30-13-11-17)21-7-6-20-22(33-21)8-9-24-26(20)27-28(37-24)29(36)32-16(2)15-31-27/h3-9,14,16-17,30-31H,1,10-13,15H2,2H3,(H,32,36)(H,34,35)/t16-/m1/s1. The highest BCUT2D eigenvalue weighted by Crippen LogP contribution is 2.41. The molecule has 0 unspecified atom stereocenters. The molecule has 4 N–H and O–H groups in total. The molecule has 6 rings (SSSR count). The molecule has 2 aliphatic rings. The molecular formula is C29H29N5O2S. The van der Waals surface area contributed by atoms with E-state index in [1.54, 1.807) is 0 Å². The largest absolute Gasteiger partial charge is 0.381 e. The summed E-state index contributed by atoms with van der Waals surface area (Å²) in [5, 5.41) is 15.0. The number of carbonyl (C=O) groups is 2. The number of nitrogens with zero attached hydrogens (tertiary/aromatic N) is 1. The van der Waals surface area contributed by atoms with Crippen LogP contribution in [-0.4, -0.2) is 42.5 Å². The number of amides is 2. The van der Waals surface area contributed by atoms with Crippen molar-refractivity contribution in [2.24, 2.45) is 0 Å². The van der Waals surface area contributed by atoms with Gasteiger partial charge >= 0.3 is 0 Å². The summed E-state index contributed by atoms with van der Waals surface area (Å²) in [7, 11) is 0. The summed E-state index contributed by atoms with van der Waals surface area (Å²) in [5.74, 6) is 0.147. The SMILES string of the molecule is C=CC(=O)Nc1cc(-c2ccc3c(ccc4sc5c(c43)NC[C@@H](C)NC5=O)n2)ccc1C1CCNCC1. The minimum absolute atomic E-state index is 0.0330. The molecule has 0 spiro atoms. The molecule has 188 valence electrons. The Hall–Kier alpha value is -3.75. The summed E-state index contributed by atoms with van der Waals surface area (Å²) in [4.78, 5) is 30.7. The van der Waals surface area contributed by atoms with Gasteiger partial charge in [-0.25, -0.2) is 4.98 Å². The van der Waals surface area contributed by atoms with Crippen LogP contribution >= 0.6 is 11.3 Å². The molecule has 7 nitrogen and oxygen atoms in total. The molecule has 2 aromatic carbocycles. The predicted molar refractivity (Wildman–Crippen MR) is 152 cm³/mol. The minimum Gasteiger partial charge on any atom is -0.381 e. The first-order valence-corrected chi connectivity index (χ1v) is 13.5. The number of hydrogen-bond acceptors (Lipinski definition) is 6. The Morgan fingerprint density at radius 3 is 2.81 bits per heavy atom. The lowest BCUT2D eigenvalue weighted by Crippen LogP contribution is -2.34. The maximum atomic E-state index is 12.7. The minimum atomic E-state index is -0.217. The number of aromatic nitrogens is 1. The van der Waals surface area contributed by atoms with Crippen LogP contribution in [0.3, 0.4) is 0 Å². The molecular weight excluding hydrogens is 482 g/mol. The summed E-state index contributed by atoms with van der Waals surface area (Å²) < 4.78 is 1.06. The van der Waals surface area contributed by atoms with E-state index in [9.17, 15) is 9.59 Å². The van der Waals surface area contributed by atoms with E-state index in [2.05, 4.69) is 46.0 Å². The highest BCUT2D eigenvalue weighted by molar-refractivity contribution is 7.21. The Kier molecular flexibility index (Phi) is 6.14. The second-order valence-corrected chi connectivity index (χ2v) is 10.8. The number of hydrogen-bond donors (Lipinski definition) is 4. The van der Waals surface area contributed by atoms with Crippen molar-refractivity contribution in [3.63, 3.8) is 0 Å². The number of thiophene rings is 1. The van der Waals surface area contributed by atoms with E-state index < -0.39 is 0 Å². The third-order valence-electron chi connectivity index (χ3n) is 7.26. The molecule has 8 heteroatoms. The zero-order chi connectivity index (χ0) is 25.5. The molecule has 4 heterocycles. The molecule has 0 radical (unpaired) electrons. The van der Waals surface area contributed by atoms with Crippen molar-refractivity contribution < 1.29 is 9.59 Å². The highest BCUT2D eigenvalue weighted by Gasteiger charge is 2.25. The smallest absolute Gasteiger partial charge is 0.263 e. The topological polar surface area (TPSA) is 95.2 Å². The Morgan fingerprint density at radius 1 is 1.16 bits per heavy atom. The zero-order valence-corrected chi connectivity index (χ0v) is 21.5. The van der Waals surface area contributed by atoms with Gasteiger partial charge in [-0.05, 0) is 80.7 Å². The van der Waals surface area contributed by atoms with Gasteiger partial charge in [-0.2, -0.15) is 0 Å². The van der Waals surface area contributed by atoms with Gasteiger partial charge in [0.25, 0.3) is 5.91 Å². The molecule has 0 bridgehead atoms. The van der Waals surface area contributed by atoms with Crippen molar-refractivity contribution >= 4 is 55.5 Å². The summed E-state index contributed by atoms with van der Waals surface area (Å²) in [5.41, 5.74) is 5.50. The van der Waals surface area contributed by atoms with Crippen LogP contribution in [0, 0.1) is 0 Å². The van der Waals surface area contributed by atoms with E-state index in [-0.39, 0.29) is 17.9 Å². The van der Waals surface area contributed by atoms with Gasteiger partial charge in [0.2, 0.25) is 5.91 Å². The van der Waals surface area contributed by atoms with Gasteiger partial charge in [-0.3, -0.25) is 9.59 Å². The normalized spacial score (nSPS) is 18.1. The molecule has 1 fully saturated rings. The number of piperidine rings is 1. The maximum Gasteiger partial charge on any atom is 0.263 e. The molecule has 2 amide bonds. The summed E-state index contributed by atoms with van der Waals surface area (Å²) >= 11 is 1.51. The fourth-order valence-corrected chi connectivity index (χ4v) is 6.48. The van der Waals surface area contributed by atoms with Gasteiger partial charge in [0.1, 0.15) is 4.88 Å². The van der Waals surface area contributed by atoms with Crippen LogP contribution in [0.25, 0.3) is 32.2 Å². The molecule has 0 aliphatic carbocycles. The quantitative estimate of drug-likeness (QED) is 0.281. The number of nitrogens with one attached hydrogen (secondary N) is 4. The van der Waals surface area contributed by atoms with Crippen LogP contribution in [0.2, 0.25) is 0 Å². The number of anilines is 2. The fourth-order valence-electron chi connectivity index (χ4n) is 5.38. The average molecular weight is 512 g/mol. The first-order chi connectivity index (χ1) is 18.0. The maximum absolute atomic E-state index is 12.7. The molecule has 0 saturated carbocycles. The summed E-state index contributed by atoms with van der Waals surface area (Å²) in [6.07, 6.45) is 3.38. The van der Waals surface area contributed by atoms with Crippen LogP contribution in [0.5, 0.6) is 0 Å². The van der Waals surface area contributed by atoms with Crippen molar-refractivity contribution in [2.45, 2.75) is 31.7 Å². The van der Waals surface area contributed by atoms with Gasteiger partial charge in [-0.1, -0.05) is 18.7 Å².